The summed E-state index contributed by atoms with van der Waals surface area (Å²) in [6.45, 7) is 11.1. The first-order valence-corrected chi connectivity index (χ1v) is 3.01. The number of allylic oxidation sites excluding steroid dienone is 3. The molecule has 0 atom stereocenters. The molecule has 9 heavy (non-hydrogen) atoms. The standard InChI is InChI=1S/C8H13N/c1-5-6-8(9-4)7(2)3/h5-7H,1,4H2,2-3H3/b8-6-. The summed E-state index contributed by atoms with van der Waals surface area (Å²) in [6, 6.07) is 0. The SMILES string of the molecule is C=C/C=C(\N=C)C(C)C. The van der Waals surface area contributed by atoms with Crippen molar-refractivity contribution in [1.82, 2.24) is 0 Å². The minimum Gasteiger partial charge on any atom is -0.269 e. The van der Waals surface area contributed by atoms with Crippen LogP contribution in [0.4, 0.5) is 0 Å². The van der Waals surface area contributed by atoms with Gasteiger partial charge in [-0.15, -0.1) is 0 Å². The van der Waals surface area contributed by atoms with Crippen molar-refractivity contribution in [2.75, 3.05) is 0 Å². The summed E-state index contributed by atoms with van der Waals surface area (Å²) in [7, 11) is 0. The lowest BCUT2D eigenvalue weighted by atomic mass is 10.1. The van der Waals surface area contributed by atoms with Gasteiger partial charge >= 0.3 is 0 Å². The maximum Gasteiger partial charge on any atom is 0.0421 e. The van der Waals surface area contributed by atoms with E-state index in [0.717, 1.165) is 5.70 Å². The van der Waals surface area contributed by atoms with Crippen molar-refractivity contribution < 1.29 is 0 Å². The molecule has 0 radical (unpaired) electrons. The zero-order chi connectivity index (χ0) is 7.28. The summed E-state index contributed by atoms with van der Waals surface area (Å²) in [5.41, 5.74) is 0.991. The van der Waals surface area contributed by atoms with Gasteiger partial charge in [-0.05, 0) is 18.7 Å². The van der Waals surface area contributed by atoms with Crippen LogP contribution in [0.3, 0.4) is 0 Å². The Labute approximate surface area is 56.8 Å². The maximum absolute atomic E-state index is 3.82. The Morgan fingerprint density at radius 1 is 1.56 bits per heavy atom. The quantitative estimate of drug-likeness (QED) is 0.403. The summed E-state index contributed by atoms with van der Waals surface area (Å²) >= 11 is 0. The molecule has 0 fully saturated rings. The van der Waals surface area contributed by atoms with Crippen LogP contribution in [0, 0.1) is 5.92 Å². The monoisotopic (exact) mass is 123 g/mol. The average Bonchev–Trinajstić information content (AvgIpc) is 1.82. The van der Waals surface area contributed by atoms with E-state index in [1.54, 1.807) is 6.08 Å². The van der Waals surface area contributed by atoms with Gasteiger partial charge in [0, 0.05) is 5.70 Å². The minimum atomic E-state index is 0.445. The lowest BCUT2D eigenvalue weighted by Gasteiger charge is -2.01. The molecule has 0 amide bonds. The van der Waals surface area contributed by atoms with Gasteiger partial charge in [0.15, 0.2) is 0 Å². The predicted molar refractivity (Wildman–Crippen MR) is 42.7 cm³/mol. The molecule has 0 aromatic heterocycles. The van der Waals surface area contributed by atoms with Crippen LogP contribution in [-0.4, -0.2) is 6.72 Å². The number of hydrogen-bond acceptors (Lipinski definition) is 1. The van der Waals surface area contributed by atoms with E-state index >= 15 is 0 Å². The highest BCUT2D eigenvalue weighted by atomic mass is 14.7. The Balaban J connectivity index is 4.13. The number of rotatable bonds is 3. The van der Waals surface area contributed by atoms with Crippen LogP contribution in [0.15, 0.2) is 29.4 Å². The lowest BCUT2D eigenvalue weighted by Crippen LogP contribution is -1.88. The number of aliphatic imine (C=N–C) groups is 1. The van der Waals surface area contributed by atoms with Gasteiger partial charge < -0.3 is 0 Å². The third kappa shape index (κ3) is 2.85. The van der Waals surface area contributed by atoms with Crippen LogP contribution in [-0.2, 0) is 0 Å². The van der Waals surface area contributed by atoms with E-state index in [0.29, 0.717) is 5.92 Å². The third-order valence-corrected chi connectivity index (χ3v) is 1.06. The van der Waals surface area contributed by atoms with Crippen molar-refractivity contribution in [2.24, 2.45) is 10.9 Å². The van der Waals surface area contributed by atoms with E-state index in [1.807, 2.05) is 6.08 Å². The first-order valence-electron chi connectivity index (χ1n) is 3.01. The molecule has 50 valence electrons. The zero-order valence-corrected chi connectivity index (χ0v) is 6.09. The van der Waals surface area contributed by atoms with Crippen molar-refractivity contribution in [2.45, 2.75) is 13.8 Å². The molecule has 0 N–H and O–H groups in total. The number of hydrogen-bond donors (Lipinski definition) is 0. The van der Waals surface area contributed by atoms with Crippen molar-refractivity contribution in [3.63, 3.8) is 0 Å². The molecule has 0 spiro atoms. The van der Waals surface area contributed by atoms with Gasteiger partial charge in [-0.2, -0.15) is 0 Å². The van der Waals surface area contributed by atoms with Crippen LogP contribution < -0.4 is 0 Å². The second-order valence-corrected chi connectivity index (χ2v) is 2.14. The second-order valence-electron chi connectivity index (χ2n) is 2.14. The van der Waals surface area contributed by atoms with Gasteiger partial charge in [-0.1, -0.05) is 26.5 Å². The molecule has 0 aromatic rings. The summed E-state index contributed by atoms with van der Waals surface area (Å²) in [6.07, 6.45) is 3.60. The van der Waals surface area contributed by atoms with Crippen LogP contribution in [0.5, 0.6) is 0 Å². The third-order valence-electron chi connectivity index (χ3n) is 1.06. The Bertz CT molecular complexity index is 132. The predicted octanol–water partition coefficient (Wildman–Crippen LogP) is 2.41. The fourth-order valence-electron chi connectivity index (χ4n) is 0.548. The topological polar surface area (TPSA) is 12.4 Å². The molecule has 0 aliphatic carbocycles. The summed E-state index contributed by atoms with van der Waals surface area (Å²) in [5.74, 6) is 0.445. The Morgan fingerprint density at radius 2 is 2.11 bits per heavy atom. The van der Waals surface area contributed by atoms with Crippen molar-refractivity contribution in [3.05, 3.63) is 24.4 Å². The van der Waals surface area contributed by atoms with Crippen LogP contribution in [0.2, 0.25) is 0 Å². The van der Waals surface area contributed by atoms with Crippen molar-refractivity contribution in [1.29, 1.82) is 0 Å². The zero-order valence-electron chi connectivity index (χ0n) is 6.09. The van der Waals surface area contributed by atoms with Gasteiger partial charge in [-0.25, -0.2) is 0 Å². The highest BCUT2D eigenvalue weighted by Gasteiger charge is 1.95. The van der Waals surface area contributed by atoms with Gasteiger partial charge in [0.25, 0.3) is 0 Å². The summed E-state index contributed by atoms with van der Waals surface area (Å²) < 4.78 is 0. The summed E-state index contributed by atoms with van der Waals surface area (Å²) in [4.78, 5) is 3.82. The Kier molecular flexibility index (Phi) is 3.69. The summed E-state index contributed by atoms with van der Waals surface area (Å²) in [5, 5.41) is 0. The van der Waals surface area contributed by atoms with Gasteiger partial charge in [0.1, 0.15) is 0 Å². The van der Waals surface area contributed by atoms with E-state index in [2.05, 4.69) is 32.1 Å². The highest BCUT2D eigenvalue weighted by Crippen LogP contribution is 2.08. The van der Waals surface area contributed by atoms with Crippen molar-refractivity contribution in [3.8, 4) is 0 Å². The molecule has 0 rings (SSSR count). The average molecular weight is 123 g/mol. The smallest absolute Gasteiger partial charge is 0.0421 e. The first-order chi connectivity index (χ1) is 4.22. The van der Waals surface area contributed by atoms with E-state index in [4.69, 9.17) is 0 Å². The molecule has 0 unspecified atom stereocenters. The molecule has 0 heterocycles. The Hall–Kier alpha value is -0.850. The van der Waals surface area contributed by atoms with Gasteiger partial charge in [0.05, 0.1) is 0 Å². The molecular weight excluding hydrogens is 110 g/mol. The van der Waals surface area contributed by atoms with Crippen LogP contribution in [0.1, 0.15) is 13.8 Å². The fraction of sp³-hybridized carbons (Fsp3) is 0.375. The van der Waals surface area contributed by atoms with Crippen LogP contribution in [0.25, 0.3) is 0 Å². The largest absolute Gasteiger partial charge is 0.269 e. The van der Waals surface area contributed by atoms with E-state index in [-0.39, 0.29) is 0 Å². The molecule has 0 aliphatic rings. The van der Waals surface area contributed by atoms with E-state index < -0.39 is 0 Å². The van der Waals surface area contributed by atoms with Crippen molar-refractivity contribution >= 4 is 6.72 Å². The molecule has 1 nitrogen and oxygen atoms in total. The molecule has 1 heteroatoms. The first kappa shape index (κ1) is 8.15. The van der Waals surface area contributed by atoms with Gasteiger partial charge in [0.2, 0.25) is 0 Å². The second kappa shape index (κ2) is 4.07. The van der Waals surface area contributed by atoms with E-state index in [1.165, 1.54) is 0 Å². The highest BCUT2D eigenvalue weighted by molar-refractivity contribution is 5.30. The molecule has 0 bridgehead atoms. The molecule has 0 aromatic carbocycles. The maximum atomic E-state index is 3.82. The Morgan fingerprint density at radius 3 is 2.22 bits per heavy atom. The minimum absolute atomic E-state index is 0.445. The van der Waals surface area contributed by atoms with Gasteiger partial charge in [-0.3, -0.25) is 4.99 Å². The molecule has 0 saturated carbocycles. The van der Waals surface area contributed by atoms with E-state index in [9.17, 15) is 0 Å². The fourth-order valence-corrected chi connectivity index (χ4v) is 0.548. The van der Waals surface area contributed by atoms with Crippen LogP contribution >= 0.6 is 0 Å². The molecule has 0 aliphatic heterocycles. The number of nitrogens with zero attached hydrogens (tertiary/aromatic N) is 1. The normalized spacial score (nSPS) is 11.7. The molecular formula is C8H13N. The lowest BCUT2D eigenvalue weighted by molar-refractivity contribution is 0.760. The molecule has 0 saturated heterocycles.